The van der Waals surface area contributed by atoms with E-state index in [2.05, 4.69) is 19.2 Å². The van der Waals surface area contributed by atoms with E-state index in [1.165, 1.54) is 6.08 Å². The fourth-order valence-electron chi connectivity index (χ4n) is 2.97. The van der Waals surface area contributed by atoms with Gasteiger partial charge in [-0.1, -0.05) is 56.3 Å². The number of anilines is 2. The number of nitrogen functional groups attached to an aromatic ring is 1. The van der Waals surface area contributed by atoms with Crippen LogP contribution in [0.15, 0.2) is 72.8 Å². The van der Waals surface area contributed by atoms with Gasteiger partial charge in [0.2, 0.25) is 5.91 Å². The number of allylic oxidation sites excluding steroid dienone is 2. The Hall–Kier alpha value is -3.05. The summed E-state index contributed by atoms with van der Waals surface area (Å²) in [5.41, 5.74) is 7.73. The summed E-state index contributed by atoms with van der Waals surface area (Å²) in [6.07, 6.45) is 6.90. The van der Waals surface area contributed by atoms with Gasteiger partial charge in [0, 0.05) is 18.6 Å². The average molecular weight is 380 g/mol. The molecule has 2 aromatic carbocycles. The van der Waals surface area contributed by atoms with Crippen LogP contribution in [0.1, 0.15) is 25.5 Å². The van der Waals surface area contributed by atoms with Gasteiger partial charge in [-0.15, -0.1) is 0 Å². The first-order chi connectivity index (χ1) is 13.4. The van der Waals surface area contributed by atoms with Gasteiger partial charge >= 0.3 is 0 Å². The highest BCUT2D eigenvalue weighted by atomic mass is 16.5. The highest BCUT2D eigenvalue weighted by molar-refractivity contribution is 6.01. The molecule has 5 heteroatoms. The summed E-state index contributed by atoms with van der Waals surface area (Å²) < 4.78 is 10.9. The minimum absolute atomic E-state index is 0.138. The zero-order valence-corrected chi connectivity index (χ0v) is 16.8. The molecule has 1 amide bonds. The fraction of sp³-hybridized carbons (Fsp3) is 0.261. The molecule has 0 bridgehead atoms. The van der Waals surface area contributed by atoms with Crippen LogP contribution in [0.3, 0.4) is 0 Å². The van der Waals surface area contributed by atoms with Crippen molar-refractivity contribution in [2.24, 2.45) is 5.41 Å². The second kappa shape index (κ2) is 9.76. The maximum absolute atomic E-state index is 12.0. The number of hydrogen-bond acceptors (Lipinski definition) is 4. The molecule has 0 aromatic heterocycles. The summed E-state index contributed by atoms with van der Waals surface area (Å²) in [7, 11) is 3.34. The number of rotatable bonds is 8. The third-order valence-electron chi connectivity index (χ3n) is 4.43. The molecule has 2 rings (SSSR count). The number of nitrogens with one attached hydrogen (secondary N) is 1. The van der Waals surface area contributed by atoms with Gasteiger partial charge in [0.15, 0.2) is 0 Å². The second-order valence-corrected chi connectivity index (χ2v) is 7.01. The van der Waals surface area contributed by atoms with Crippen molar-refractivity contribution in [3.05, 3.63) is 78.4 Å². The Morgan fingerprint density at radius 1 is 1.07 bits per heavy atom. The van der Waals surface area contributed by atoms with E-state index in [0.29, 0.717) is 11.4 Å². The Balaban J connectivity index is 2.02. The van der Waals surface area contributed by atoms with Crippen LogP contribution < -0.4 is 15.8 Å². The van der Waals surface area contributed by atoms with E-state index in [1.807, 2.05) is 48.6 Å². The first-order valence-electron chi connectivity index (χ1n) is 9.05. The van der Waals surface area contributed by atoms with E-state index < -0.39 is 0 Å². The van der Waals surface area contributed by atoms with Crippen molar-refractivity contribution in [3.63, 3.8) is 0 Å². The number of methoxy groups -OCH3 is 2. The van der Waals surface area contributed by atoms with Crippen molar-refractivity contribution in [1.82, 2.24) is 0 Å². The predicted octanol–water partition coefficient (Wildman–Crippen LogP) is 4.74. The largest absolute Gasteiger partial charge is 0.497 e. The van der Waals surface area contributed by atoms with E-state index in [1.54, 1.807) is 32.4 Å². The van der Waals surface area contributed by atoms with Crippen LogP contribution in [0.25, 0.3) is 0 Å². The fourth-order valence-corrected chi connectivity index (χ4v) is 2.97. The number of amides is 1. The highest BCUT2D eigenvalue weighted by Crippen LogP contribution is 2.37. The summed E-state index contributed by atoms with van der Waals surface area (Å²) in [6, 6.07) is 15.0. The standard InChI is InChI=1S/C23H28N2O3/c1-23(2,22(28-4)17-12-14-18(27-3)15-13-17)16-8-7-11-21(26)25-20-10-6-5-9-19(20)24/h5-16,22H,24H2,1-4H3,(H,25,26)/b11-7+,16-8+. The first kappa shape index (κ1) is 21.3. The van der Waals surface area contributed by atoms with E-state index >= 15 is 0 Å². The molecule has 148 valence electrons. The number of ether oxygens (including phenoxy) is 2. The van der Waals surface area contributed by atoms with E-state index in [4.69, 9.17) is 15.2 Å². The van der Waals surface area contributed by atoms with Gasteiger partial charge in [-0.25, -0.2) is 0 Å². The smallest absolute Gasteiger partial charge is 0.248 e. The zero-order valence-electron chi connectivity index (χ0n) is 16.8. The quantitative estimate of drug-likeness (QED) is 0.394. The lowest BCUT2D eigenvalue weighted by Crippen LogP contribution is -2.21. The maximum Gasteiger partial charge on any atom is 0.248 e. The van der Waals surface area contributed by atoms with Crippen molar-refractivity contribution in [3.8, 4) is 5.75 Å². The van der Waals surface area contributed by atoms with Crippen LogP contribution in [-0.2, 0) is 9.53 Å². The minimum atomic E-state index is -0.284. The molecule has 0 aliphatic heterocycles. The molecule has 2 aromatic rings. The minimum Gasteiger partial charge on any atom is -0.497 e. The molecule has 1 unspecified atom stereocenters. The molecule has 5 nitrogen and oxygen atoms in total. The summed E-state index contributed by atoms with van der Waals surface area (Å²) in [4.78, 5) is 12.0. The van der Waals surface area contributed by atoms with Gasteiger partial charge in [0.25, 0.3) is 0 Å². The van der Waals surface area contributed by atoms with Gasteiger partial charge in [0.05, 0.1) is 24.6 Å². The van der Waals surface area contributed by atoms with E-state index in [0.717, 1.165) is 11.3 Å². The van der Waals surface area contributed by atoms with Crippen LogP contribution in [0.5, 0.6) is 5.75 Å². The van der Waals surface area contributed by atoms with Crippen molar-refractivity contribution < 1.29 is 14.3 Å². The molecule has 0 aliphatic carbocycles. The Morgan fingerprint density at radius 3 is 2.36 bits per heavy atom. The van der Waals surface area contributed by atoms with Crippen molar-refractivity contribution in [2.45, 2.75) is 20.0 Å². The monoisotopic (exact) mass is 380 g/mol. The predicted molar refractivity (Wildman–Crippen MR) is 114 cm³/mol. The van der Waals surface area contributed by atoms with Crippen LogP contribution in [-0.4, -0.2) is 20.1 Å². The van der Waals surface area contributed by atoms with Crippen molar-refractivity contribution in [1.29, 1.82) is 0 Å². The van der Waals surface area contributed by atoms with Crippen LogP contribution >= 0.6 is 0 Å². The van der Waals surface area contributed by atoms with Gasteiger partial charge in [-0.3, -0.25) is 4.79 Å². The molecule has 0 fully saturated rings. The summed E-state index contributed by atoms with van der Waals surface area (Å²) in [6.45, 7) is 4.17. The molecular weight excluding hydrogens is 352 g/mol. The summed E-state index contributed by atoms with van der Waals surface area (Å²) >= 11 is 0. The third kappa shape index (κ3) is 5.72. The number of benzene rings is 2. The second-order valence-electron chi connectivity index (χ2n) is 7.01. The van der Waals surface area contributed by atoms with Crippen LogP contribution in [0.4, 0.5) is 11.4 Å². The van der Waals surface area contributed by atoms with Gasteiger partial charge in [-0.05, 0) is 29.8 Å². The number of carbonyl (C=O) groups is 1. The number of para-hydroxylation sites is 2. The molecule has 0 aliphatic rings. The molecule has 1 atom stereocenters. The van der Waals surface area contributed by atoms with E-state index in [-0.39, 0.29) is 17.4 Å². The van der Waals surface area contributed by atoms with Crippen LogP contribution in [0.2, 0.25) is 0 Å². The average Bonchev–Trinajstić information content (AvgIpc) is 2.68. The Kier molecular flexibility index (Phi) is 7.41. The van der Waals surface area contributed by atoms with Crippen molar-refractivity contribution >= 4 is 17.3 Å². The molecule has 3 N–H and O–H groups in total. The number of carbonyl (C=O) groups excluding carboxylic acids is 1. The van der Waals surface area contributed by atoms with Gasteiger partial charge in [-0.2, -0.15) is 0 Å². The maximum atomic E-state index is 12.0. The Bertz CT molecular complexity index is 839. The number of hydrogen-bond donors (Lipinski definition) is 2. The van der Waals surface area contributed by atoms with Gasteiger partial charge in [0.1, 0.15) is 5.75 Å². The molecule has 0 spiro atoms. The summed E-state index contributed by atoms with van der Waals surface area (Å²) in [5.74, 6) is 0.568. The van der Waals surface area contributed by atoms with Gasteiger partial charge < -0.3 is 20.5 Å². The number of nitrogens with two attached hydrogens (primary N) is 1. The third-order valence-corrected chi connectivity index (χ3v) is 4.43. The van der Waals surface area contributed by atoms with Crippen molar-refractivity contribution in [2.75, 3.05) is 25.3 Å². The zero-order chi connectivity index (χ0) is 20.6. The lowest BCUT2D eigenvalue weighted by Gasteiger charge is -2.31. The molecule has 0 radical (unpaired) electrons. The SMILES string of the molecule is COc1ccc(C(OC)C(C)(C)/C=C/C=C/C(=O)Nc2ccccc2N)cc1. The highest BCUT2D eigenvalue weighted by Gasteiger charge is 2.28. The molecule has 0 saturated carbocycles. The Morgan fingerprint density at radius 2 is 1.75 bits per heavy atom. The lowest BCUT2D eigenvalue weighted by atomic mass is 9.82. The van der Waals surface area contributed by atoms with E-state index in [9.17, 15) is 4.79 Å². The molecular formula is C23H28N2O3. The normalized spacial score (nSPS) is 13.0. The topological polar surface area (TPSA) is 73.6 Å². The summed E-state index contributed by atoms with van der Waals surface area (Å²) in [5, 5.41) is 2.76. The first-order valence-corrected chi connectivity index (χ1v) is 9.05. The lowest BCUT2D eigenvalue weighted by molar-refractivity contribution is -0.111. The Labute approximate surface area is 166 Å². The molecule has 28 heavy (non-hydrogen) atoms. The molecule has 0 heterocycles. The molecule has 0 saturated heterocycles. The van der Waals surface area contributed by atoms with Crippen LogP contribution in [0, 0.1) is 5.41 Å².